The standard InChI is InChI=1S/C3H7NO3S.C3H5NO/c5-8(6)7-4-2-1-3-4;1-2-3(4)5/h1-3H2,(H,5,6);2H,1H2,(H2,4,5)/p-1. The first-order valence-electron chi connectivity index (χ1n) is 3.50. The molecule has 2 N–H and O–H groups in total. The Morgan fingerprint density at radius 1 is 1.69 bits per heavy atom. The van der Waals surface area contributed by atoms with E-state index in [0.29, 0.717) is 0 Å². The average Bonchev–Trinajstić information content (AvgIpc) is 1.98. The molecule has 7 heteroatoms. The van der Waals surface area contributed by atoms with E-state index in [9.17, 15) is 13.6 Å². The van der Waals surface area contributed by atoms with E-state index in [2.05, 4.69) is 16.6 Å². The maximum atomic E-state index is 9.74. The van der Waals surface area contributed by atoms with Gasteiger partial charge in [-0.1, -0.05) is 6.58 Å². The Balaban J connectivity index is 0.000000252. The van der Waals surface area contributed by atoms with Gasteiger partial charge in [0.25, 0.3) is 0 Å². The Hall–Kier alpha value is -0.760. The molecule has 1 heterocycles. The molecule has 6 nitrogen and oxygen atoms in total. The molecule has 0 bridgehead atoms. The highest BCUT2D eigenvalue weighted by atomic mass is 32.2. The van der Waals surface area contributed by atoms with Crippen LogP contribution in [-0.2, 0) is 20.4 Å². The van der Waals surface area contributed by atoms with Crippen molar-refractivity contribution in [2.24, 2.45) is 5.73 Å². The minimum absolute atomic E-state index is 0.481. The SMILES string of the molecule is C=CC(N)=O.O=S([O-])ON1CCC1. The first-order chi connectivity index (χ1) is 6.06. The van der Waals surface area contributed by atoms with Crippen LogP contribution in [-0.4, -0.2) is 32.8 Å². The van der Waals surface area contributed by atoms with Crippen LogP contribution < -0.4 is 5.73 Å². The second kappa shape index (κ2) is 6.72. The summed E-state index contributed by atoms with van der Waals surface area (Å²) in [5.41, 5.74) is 4.53. The van der Waals surface area contributed by atoms with E-state index < -0.39 is 17.3 Å². The van der Waals surface area contributed by atoms with Crippen molar-refractivity contribution in [3.63, 3.8) is 0 Å². The van der Waals surface area contributed by atoms with Crippen molar-refractivity contribution in [2.75, 3.05) is 13.1 Å². The predicted molar refractivity (Wildman–Crippen MR) is 45.6 cm³/mol. The van der Waals surface area contributed by atoms with Crippen molar-refractivity contribution in [2.45, 2.75) is 6.42 Å². The van der Waals surface area contributed by atoms with Crippen molar-refractivity contribution in [1.29, 1.82) is 0 Å². The number of carbonyl (C=O) groups excluding carboxylic acids is 1. The lowest BCUT2D eigenvalue weighted by molar-refractivity contribution is -0.113. The second-order valence-electron chi connectivity index (χ2n) is 2.17. The van der Waals surface area contributed by atoms with E-state index in [0.717, 1.165) is 25.6 Å². The smallest absolute Gasteiger partial charge is 0.240 e. The molecule has 0 radical (unpaired) electrons. The number of nitrogens with two attached hydrogens (primary N) is 1. The summed E-state index contributed by atoms with van der Waals surface area (Å²) in [5, 5.41) is 1.39. The molecule has 0 aromatic carbocycles. The van der Waals surface area contributed by atoms with Gasteiger partial charge in [-0.3, -0.25) is 4.79 Å². The minimum Gasteiger partial charge on any atom is -0.748 e. The van der Waals surface area contributed by atoms with Crippen LogP contribution in [0.5, 0.6) is 0 Å². The third-order valence-electron chi connectivity index (χ3n) is 1.18. The highest BCUT2D eigenvalue weighted by Crippen LogP contribution is 2.05. The van der Waals surface area contributed by atoms with Crippen molar-refractivity contribution in [3.05, 3.63) is 12.7 Å². The first-order valence-corrected chi connectivity index (χ1v) is 4.50. The zero-order valence-electron chi connectivity index (χ0n) is 6.97. The van der Waals surface area contributed by atoms with Gasteiger partial charge >= 0.3 is 0 Å². The average molecular weight is 207 g/mol. The Labute approximate surface area is 78.8 Å². The van der Waals surface area contributed by atoms with Crippen LogP contribution in [0.25, 0.3) is 0 Å². The van der Waals surface area contributed by atoms with E-state index in [1.165, 1.54) is 5.06 Å². The Morgan fingerprint density at radius 3 is 2.23 bits per heavy atom. The maximum Gasteiger partial charge on any atom is 0.240 e. The molecule has 0 aromatic rings. The van der Waals surface area contributed by atoms with Crippen LogP contribution in [0, 0.1) is 0 Å². The van der Waals surface area contributed by atoms with Gasteiger partial charge in [-0.25, -0.2) is 8.49 Å². The van der Waals surface area contributed by atoms with E-state index in [4.69, 9.17) is 0 Å². The Bertz CT molecular complexity index is 205. The normalized spacial score (nSPS) is 17.6. The molecule has 76 valence electrons. The van der Waals surface area contributed by atoms with E-state index in [-0.39, 0.29) is 0 Å². The molecule has 0 aliphatic carbocycles. The summed E-state index contributed by atoms with van der Waals surface area (Å²) in [5.74, 6) is -0.481. The zero-order chi connectivity index (χ0) is 10.3. The third-order valence-corrected chi connectivity index (χ3v) is 1.52. The molecule has 0 aromatic heterocycles. The number of amides is 1. The van der Waals surface area contributed by atoms with Gasteiger partial charge < -0.3 is 10.3 Å². The number of hydrogen-bond donors (Lipinski definition) is 1. The third kappa shape index (κ3) is 7.60. The molecule has 1 rings (SSSR count). The summed E-state index contributed by atoms with van der Waals surface area (Å²) in [6.07, 6.45) is 2.08. The number of hydroxylamine groups is 2. The van der Waals surface area contributed by atoms with Crippen molar-refractivity contribution in [1.82, 2.24) is 5.06 Å². The molecule has 1 unspecified atom stereocenters. The van der Waals surface area contributed by atoms with E-state index in [1.54, 1.807) is 0 Å². The van der Waals surface area contributed by atoms with Gasteiger partial charge in [0.2, 0.25) is 5.91 Å². The van der Waals surface area contributed by atoms with Crippen molar-refractivity contribution < 1.29 is 17.8 Å². The van der Waals surface area contributed by atoms with Crippen molar-refractivity contribution in [3.8, 4) is 0 Å². The molecule has 1 amide bonds. The van der Waals surface area contributed by atoms with Crippen LogP contribution in [0.15, 0.2) is 12.7 Å². The predicted octanol–water partition coefficient (Wildman–Crippen LogP) is -0.924. The van der Waals surface area contributed by atoms with Gasteiger partial charge in [0.15, 0.2) is 0 Å². The molecule has 0 spiro atoms. The molecule has 1 aliphatic heterocycles. The molecule has 13 heavy (non-hydrogen) atoms. The number of rotatable bonds is 3. The van der Waals surface area contributed by atoms with Crippen molar-refractivity contribution >= 4 is 17.3 Å². The van der Waals surface area contributed by atoms with E-state index >= 15 is 0 Å². The molecule has 1 fully saturated rings. The summed E-state index contributed by atoms with van der Waals surface area (Å²) in [6.45, 7) is 4.55. The lowest BCUT2D eigenvalue weighted by Crippen LogP contribution is -2.37. The second-order valence-corrected chi connectivity index (χ2v) is 2.73. The first kappa shape index (κ1) is 12.2. The summed E-state index contributed by atoms with van der Waals surface area (Å²) in [4.78, 5) is 9.47. The summed E-state index contributed by atoms with van der Waals surface area (Å²) < 4.78 is 23.7. The summed E-state index contributed by atoms with van der Waals surface area (Å²) in [7, 11) is 0. The number of hydrogen-bond acceptors (Lipinski definition) is 5. The topological polar surface area (TPSA) is 95.7 Å². The van der Waals surface area contributed by atoms with Gasteiger partial charge in [0.05, 0.1) is 0 Å². The fourth-order valence-corrected chi connectivity index (χ4v) is 0.769. The molecular weight excluding hydrogens is 196 g/mol. The van der Waals surface area contributed by atoms with Crippen LogP contribution in [0.2, 0.25) is 0 Å². The fraction of sp³-hybridized carbons (Fsp3) is 0.500. The highest BCUT2D eigenvalue weighted by molar-refractivity contribution is 7.74. The van der Waals surface area contributed by atoms with Gasteiger partial charge in [0.1, 0.15) is 11.4 Å². The van der Waals surface area contributed by atoms with Gasteiger partial charge in [-0.15, -0.1) is 0 Å². The van der Waals surface area contributed by atoms with Crippen LogP contribution >= 0.6 is 0 Å². The fourth-order valence-electron chi connectivity index (χ4n) is 0.448. The highest BCUT2D eigenvalue weighted by Gasteiger charge is 2.13. The maximum absolute atomic E-state index is 9.74. The molecule has 1 aliphatic rings. The lowest BCUT2D eigenvalue weighted by Gasteiger charge is -2.28. The molecule has 1 saturated heterocycles. The Kier molecular flexibility index (Phi) is 6.33. The molecular formula is C6H11N2O4S-. The Morgan fingerprint density at radius 2 is 2.15 bits per heavy atom. The number of primary amides is 1. The number of nitrogens with zero attached hydrogens (tertiary/aromatic N) is 1. The van der Waals surface area contributed by atoms with Crippen LogP contribution in [0.4, 0.5) is 0 Å². The minimum atomic E-state index is -2.37. The monoisotopic (exact) mass is 207 g/mol. The largest absolute Gasteiger partial charge is 0.748 e. The van der Waals surface area contributed by atoms with E-state index in [1.807, 2.05) is 0 Å². The molecule has 1 atom stereocenters. The quantitative estimate of drug-likeness (QED) is 0.476. The summed E-state index contributed by atoms with van der Waals surface area (Å²) >= 11 is -2.37. The van der Waals surface area contributed by atoms with Gasteiger partial charge in [0, 0.05) is 13.1 Å². The summed E-state index contributed by atoms with van der Waals surface area (Å²) in [6, 6.07) is 0. The lowest BCUT2D eigenvalue weighted by atomic mass is 10.3. The van der Waals surface area contributed by atoms with Crippen LogP contribution in [0.1, 0.15) is 6.42 Å². The van der Waals surface area contributed by atoms with Gasteiger partial charge in [-0.05, 0) is 12.5 Å². The molecule has 0 saturated carbocycles. The number of carbonyl (C=O) groups is 1. The zero-order valence-corrected chi connectivity index (χ0v) is 7.79. The van der Waals surface area contributed by atoms with Crippen LogP contribution in [0.3, 0.4) is 0 Å². The van der Waals surface area contributed by atoms with Gasteiger partial charge in [-0.2, -0.15) is 5.06 Å².